The molecule has 0 saturated carbocycles. The van der Waals surface area contributed by atoms with Crippen LogP contribution in [0.2, 0.25) is 0 Å². The highest BCUT2D eigenvalue weighted by molar-refractivity contribution is 5.73. The van der Waals surface area contributed by atoms with E-state index in [1.807, 2.05) is 24.3 Å². The van der Waals surface area contributed by atoms with Crippen molar-refractivity contribution in [2.24, 2.45) is 5.92 Å². The number of benzene rings is 4. The molecule has 0 bridgehead atoms. The molecule has 2 saturated heterocycles. The number of aliphatic hydroxyl groups is 1. The van der Waals surface area contributed by atoms with Gasteiger partial charge >= 0.3 is 0 Å². The summed E-state index contributed by atoms with van der Waals surface area (Å²) in [6, 6.07) is 35.5. The summed E-state index contributed by atoms with van der Waals surface area (Å²) in [6.45, 7) is 10.2. The van der Waals surface area contributed by atoms with E-state index in [4.69, 9.17) is 9.47 Å². The summed E-state index contributed by atoms with van der Waals surface area (Å²) in [5.74, 6) is 0.0876. The maximum absolute atomic E-state index is 11.5. The molecule has 0 aromatic heterocycles. The Morgan fingerprint density at radius 3 is 2.15 bits per heavy atom. The second kappa shape index (κ2) is 15.2. The summed E-state index contributed by atoms with van der Waals surface area (Å²) >= 11 is 0. The molecule has 2 heterocycles. The van der Waals surface area contributed by atoms with Gasteiger partial charge in [0, 0.05) is 64.2 Å². The van der Waals surface area contributed by atoms with Crippen molar-refractivity contribution in [3.05, 3.63) is 131 Å². The average molecular weight is 620 g/mol. The molecule has 2 fully saturated rings. The Bertz CT molecular complexity index is 1570. The first kappa shape index (κ1) is 32.1. The molecule has 4 unspecified atom stereocenters. The summed E-state index contributed by atoms with van der Waals surface area (Å²) in [7, 11) is 0. The SMILES string of the molecule is CC(=O)NCc1cccc(-c2cccc(C3OC(CN4CCN(Cc5ccccc5)CC4)C(C)C(c4ccc(CO)cc4)O3)c2)c1. The molecule has 0 spiro atoms. The normalized spacial score (nSPS) is 22.4. The summed E-state index contributed by atoms with van der Waals surface area (Å²) in [5, 5.41) is 12.5. The van der Waals surface area contributed by atoms with Crippen molar-refractivity contribution < 1.29 is 19.4 Å². The van der Waals surface area contributed by atoms with Crippen LogP contribution in [-0.4, -0.2) is 59.6 Å². The largest absolute Gasteiger partial charge is 0.392 e. The summed E-state index contributed by atoms with van der Waals surface area (Å²) in [4.78, 5) is 16.5. The molecule has 1 amide bonds. The number of nitrogens with one attached hydrogen (secondary N) is 1. The number of piperazine rings is 1. The van der Waals surface area contributed by atoms with Crippen molar-refractivity contribution in [2.75, 3.05) is 32.7 Å². The van der Waals surface area contributed by atoms with Crippen molar-refractivity contribution in [1.29, 1.82) is 0 Å². The number of carbonyl (C=O) groups excluding carboxylic acids is 1. The minimum Gasteiger partial charge on any atom is -0.392 e. The molecular formula is C39H45N3O4. The maximum atomic E-state index is 11.5. The van der Waals surface area contributed by atoms with Gasteiger partial charge in [-0.1, -0.05) is 97.9 Å². The average Bonchev–Trinajstić information content (AvgIpc) is 3.10. The molecule has 7 heteroatoms. The van der Waals surface area contributed by atoms with Gasteiger partial charge in [0.25, 0.3) is 0 Å². The molecule has 240 valence electrons. The number of ether oxygens (including phenoxy) is 2. The van der Waals surface area contributed by atoms with E-state index in [-0.39, 0.29) is 30.6 Å². The summed E-state index contributed by atoms with van der Waals surface area (Å²) < 4.78 is 13.6. The molecule has 2 N–H and O–H groups in total. The molecule has 0 radical (unpaired) electrons. The van der Waals surface area contributed by atoms with Gasteiger partial charge in [-0.15, -0.1) is 0 Å². The standard InChI is InChI=1S/C39H45N3O4/c1-28-37(26-42-20-18-41(19-21-42)25-30-8-4-3-5-9-30)45-39(46-38(28)33-16-14-31(27-43)15-17-33)36-13-7-12-35(23-36)34-11-6-10-32(22-34)24-40-29(2)44/h3-17,22-23,28,37-39,43H,18-21,24-27H2,1-2H3,(H,40,44). The zero-order chi connectivity index (χ0) is 31.9. The second-order valence-corrected chi connectivity index (χ2v) is 12.6. The third kappa shape index (κ3) is 8.10. The smallest absolute Gasteiger partial charge is 0.217 e. The predicted molar refractivity (Wildman–Crippen MR) is 181 cm³/mol. The highest BCUT2D eigenvalue weighted by Gasteiger charge is 2.39. The quantitative estimate of drug-likeness (QED) is 0.224. The van der Waals surface area contributed by atoms with Crippen LogP contribution >= 0.6 is 0 Å². The Hall–Kier alpha value is -3.85. The van der Waals surface area contributed by atoms with E-state index in [9.17, 15) is 9.90 Å². The highest BCUT2D eigenvalue weighted by Crippen LogP contribution is 2.42. The minimum atomic E-state index is -0.523. The Labute approximate surface area is 272 Å². The molecule has 0 aliphatic carbocycles. The lowest BCUT2D eigenvalue weighted by Crippen LogP contribution is -2.51. The van der Waals surface area contributed by atoms with Crippen LogP contribution in [0.5, 0.6) is 0 Å². The van der Waals surface area contributed by atoms with Crippen molar-refractivity contribution in [2.45, 2.75) is 52.0 Å². The van der Waals surface area contributed by atoms with Gasteiger partial charge in [-0.2, -0.15) is 0 Å². The number of aliphatic hydroxyl groups excluding tert-OH is 1. The van der Waals surface area contributed by atoms with Crippen LogP contribution in [0.25, 0.3) is 11.1 Å². The molecule has 4 aromatic rings. The van der Waals surface area contributed by atoms with Gasteiger partial charge < -0.3 is 19.9 Å². The third-order valence-electron chi connectivity index (χ3n) is 9.24. The Balaban J connectivity index is 1.20. The number of nitrogens with zero attached hydrogens (tertiary/aromatic N) is 2. The van der Waals surface area contributed by atoms with E-state index in [1.165, 1.54) is 12.5 Å². The van der Waals surface area contributed by atoms with E-state index in [0.717, 1.165) is 72.6 Å². The van der Waals surface area contributed by atoms with Crippen LogP contribution in [0, 0.1) is 5.92 Å². The fraction of sp³-hybridized carbons (Fsp3) is 0.359. The topological polar surface area (TPSA) is 74.3 Å². The first-order chi connectivity index (χ1) is 22.4. The van der Waals surface area contributed by atoms with E-state index in [2.05, 4.69) is 101 Å². The van der Waals surface area contributed by atoms with Gasteiger partial charge in [0.2, 0.25) is 5.91 Å². The zero-order valence-corrected chi connectivity index (χ0v) is 26.8. The molecule has 4 atom stereocenters. The number of amides is 1. The predicted octanol–water partition coefficient (Wildman–Crippen LogP) is 6.09. The molecular weight excluding hydrogens is 574 g/mol. The molecule has 6 rings (SSSR count). The van der Waals surface area contributed by atoms with Crippen molar-refractivity contribution >= 4 is 5.91 Å². The first-order valence-corrected chi connectivity index (χ1v) is 16.4. The van der Waals surface area contributed by atoms with Gasteiger partial charge in [-0.25, -0.2) is 0 Å². The van der Waals surface area contributed by atoms with E-state index in [0.29, 0.717) is 6.54 Å². The molecule has 4 aromatic carbocycles. The number of carbonyl (C=O) groups is 1. The third-order valence-corrected chi connectivity index (χ3v) is 9.24. The summed E-state index contributed by atoms with van der Waals surface area (Å²) in [5.41, 5.74) is 7.52. The van der Waals surface area contributed by atoms with E-state index < -0.39 is 6.29 Å². The van der Waals surface area contributed by atoms with Crippen molar-refractivity contribution in [3.63, 3.8) is 0 Å². The minimum absolute atomic E-state index is 0.0186. The molecule has 7 nitrogen and oxygen atoms in total. The first-order valence-electron chi connectivity index (χ1n) is 16.4. The fourth-order valence-corrected chi connectivity index (χ4v) is 6.51. The molecule has 2 aliphatic heterocycles. The van der Waals surface area contributed by atoms with E-state index in [1.54, 1.807) is 0 Å². The second-order valence-electron chi connectivity index (χ2n) is 12.6. The van der Waals surface area contributed by atoms with Gasteiger partial charge in [-0.3, -0.25) is 14.6 Å². The number of hydrogen-bond acceptors (Lipinski definition) is 6. The van der Waals surface area contributed by atoms with E-state index >= 15 is 0 Å². The number of rotatable bonds is 10. The highest BCUT2D eigenvalue weighted by atomic mass is 16.7. The lowest BCUT2D eigenvalue weighted by atomic mass is 9.89. The molecule has 46 heavy (non-hydrogen) atoms. The fourth-order valence-electron chi connectivity index (χ4n) is 6.51. The van der Waals surface area contributed by atoms with Gasteiger partial charge in [0.1, 0.15) is 0 Å². The Morgan fingerprint density at radius 2 is 1.43 bits per heavy atom. The maximum Gasteiger partial charge on any atom is 0.217 e. The van der Waals surface area contributed by atoms with Crippen molar-refractivity contribution in [1.82, 2.24) is 15.1 Å². The van der Waals surface area contributed by atoms with Crippen molar-refractivity contribution in [3.8, 4) is 11.1 Å². The monoisotopic (exact) mass is 619 g/mol. The van der Waals surface area contributed by atoms with Gasteiger partial charge in [-0.05, 0) is 45.5 Å². The van der Waals surface area contributed by atoms with Crippen LogP contribution in [0.1, 0.15) is 54.1 Å². The summed E-state index contributed by atoms with van der Waals surface area (Å²) in [6.07, 6.45) is -0.697. The van der Waals surface area contributed by atoms with Gasteiger partial charge in [0.05, 0.1) is 18.8 Å². The Kier molecular flexibility index (Phi) is 10.6. The van der Waals surface area contributed by atoms with Gasteiger partial charge in [0.15, 0.2) is 6.29 Å². The van der Waals surface area contributed by atoms with Crippen LogP contribution in [0.15, 0.2) is 103 Å². The Morgan fingerprint density at radius 1 is 0.761 bits per heavy atom. The zero-order valence-electron chi connectivity index (χ0n) is 26.8. The lowest BCUT2D eigenvalue weighted by molar-refractivity contribution is -0.276. The number of hydrogen-bond donors (Lipinski definition) is 2. The molecule has 2 aliphatic rings. The van der Waals surface area contributed by atoms with Crippen LogP contribution in [0.3, 0.4) is 0 Å². The lowest BCUT2D eigenvalue weighted by Gasteiger charge is -2.44. The van der Waals surface area contributed by atoms with Crippen LogP contribution in [-0.2, 0) is 34.0 Å². The van der Waals surface area contributed by atoms with Crippen LogP contribution in [0.4, 0.5) is 0 Å². The van der Waals surface area contributed by atoms with Crippen LogP contribution < -0.4 is 5.32 Å².